The van der Waals surface area contributed by atoms with Crippen LogP contribution in [0.15, 0.2) is 18.2 Å². The number of amides is 1. The lowest BCUT2D eigenvalue weighted by molar-refractivity contribution is 0.0925. The molecule has 1 rings (SSSR count). The van der Waals surface area contributed by atoms with Crippen LogP contribution in [0.5, 0.6) is 0 Å². The van der Waals surface area contributed by atoms with Crippen molar-refractivity contribution >= 4 is 23.2 Å². The minimum absolute atomic E-state index is 0.0441. The summed E-state index contributed by atoms with van der Waals surface area (Å²) in [6, 6.07) is 4.91. The van der Waals surface area contributed by atoms with Crippen molar-refractivity contribution in [1.82, 2.24) is 5.32 Å². The smallest absolute Gasteiger partial charge is 0.252 e. The molecule has 0 saturated carbocycles. The molecule has 1 amide bonds. The number of nitrogen functional groups attached to an aromatic ring is 1. The predicted molar refractivity (Wildman–Crippen MR) is 76.8 cm³/mol. The summed E-state index contributed by atoms with van der Waals surface area (Å²) in [7, 11) is 0. The summed E-state index contributed by atoms with van der Waals surface area (Å²) in [5.74, 6) is 0.301. The second-order valence-electron chi connectivity index (χ2n) is 5.57. The van der Waals surface area contributed by atoms with Crippen LogP contribution in [0.2, 0.25) is 5.02 Å². The van der Waals surface area contributed by atoms with Crippen molar-refractivity contribution in [3.8, 4) is 0 Å². The van der Waals surface area contributed by atoms with Gasteiger partial charge in [0.25, 0.3) is 5.91 Å². The third kappa shape index (κ3) is 3.64. The quantitative estimate of drug-likeness (QED) is 0.823. The maximum atomic E-state index is 12.0. The topological polar surface area (TPSA) is 55.1 Å². The molecule has 3 N–H and O–H groups in total. The van der Waals surface area contributed by atoms with Gasteiger partial charge in [0.2, 0.25) is 0 Å². The van der Waals surface area contributed by atoms with Crippen LogP contribution in [0.1, 0.15) is 38.1 Å². The van der Waals surface area contributed by atoms with Gasteiger partial charge in [-0.3, -0.25) is 4.79 Å². The summed E-state index contributed by atoms with van der Waals surface area (Å²) in [4.78, 5) is 12.0. The van der Waals surface area contributed by atoms with Crippen LogP contribution in [0, 0.1) is 11.3 Å². The van der Waals surface area contributed by atoms with E-state index in [0.717, 1.165) is 0 Å². The van der Waals surface area contributed by atoms with E-state index in [4.69, 9.17) is 17.3 Å². The van der Waals surface area contributed by atoms with E-state index >= 15 is 0 Å². The molecule has 0 spiro atoms. The zero-order chi connectivity index (χ0) is 13.9. The standard InChI is InChI=1S/C14H21ClN2O/c1-9(2)14(3,4)8-17-13(18)11-7-10(16)5-6-12(11)15/h5-7,9H,8,16H2,1-4H3,(H,17,18). The van der Waals surface area contributed by atoms with Crippen LogP contribution < -0.4 is 11.1 Å². The summed E-state index contributed by atoms with van der Waals surface area (Å²) in [5, 5.41) is 3.33. The lowest BCUT2D eigenvalue weighted by Gasteiger charge is -2.29. The van der Waals surface area contributed by atoms with Gasteiger partial charge < -0.3 is 11.1 Å². The lowest BCUT2D eigenvalue weighted by atomic mass is 9.81. The highest BCUT2D eigenvalue weighted by Crippen LogP contribution is 2.25. The second-order valence-corrected chi connectivity index (χ2v) is 5.97. The minimum Gasteiger partial charge on any atom is -0.399 e. The fourth-order valence-electron chi connectivity index (χ4n) is 1.32. The molecule has 3 nitrogen and oxygen atoms in total. The molecule has 0 radical (unpaired) electrons. The average molecular weight is 269 g/mol. The maximum absolute atomic E-state index is 12.0. The van der Waals surface area contributed by atoms with Gasteiger partial charge in [0.15, 0.2) is 0 Å². The first-order valence-corrected chi connectivity index (χ1v) is 6.45. The molecule has 0 aromatic heterocycles. The molecular weight excluding hydrogens is 248 g/mol. The van der Waals surface area contributed by atoms with Crippen LogP contribution in [-0.2, 0) is 0 Å². The van der Waals surface area contributed by atoms with Gasteiger partial charge in [0.05, 0.1) is 10.6 Å². The molecule has 0 unspecified atom stereocenters. The Labute approximate surface area is 114 Å². The Bertz CT molecular complexity index is 441. The number of carbonyl (C=O) groups is 1. The van der Waals surface area contributed by atoms with Crippen LogP contribution >= 0.6 is 11.6 Å². The molecular formula is C14H21ClN2O. The average Bonchev–Trinajstić information content (AvgIpc) is 2.29. The summed E-state index contributed by atoms with van der Waals surface area (Å²) in [6.45, 7) is 9.13. The maximum Gasteiger partial charge on any atom is 0.252 e. The summed E-state index contributed by atoms with van der Waals surface area (Å²) in [5.41, 5.74) is 6.66. The van der Waals surface area contributed by atoms with Crippen LogP contribution in [0.25, 0.3) is 0 Å². The van der Waals surface area contributed by atoms with Crippen molar-refractivity contribution in [2.45, 2.75) is 27.7 Å². The Hall–Kier alpha value is -1.22. The van der Waals surface area contributed by atoms with E-state index in [-0.39, 0.29) is 11.3 Å². The zero-order valence-electron chi connectivity index (χ0n) is 11.4. The summed E-state index contributed by atoms with van der Waals surface area (Å²) in [6.07, 6.45) is 0. The Morgan fingerprint density at radius 1 is 1.44 bits per heavy atom. The normalized spacial score (nSPS) is 11.7. The fraction of sp³-hybridized carbons (Fsp3) is 0.500. The summed E-state index contributed by atoms with van der Waals surface area (Å²) >= 11 is 5.99. The van der Waals surface area contributed by atoms with Crippen molar-refractivity contribution in [1.29, 1.82) is 0 Å². The van der Waals surface area contributed by atoms with E-state index in [9.17, 15) is 4.79 Å². The molecule has 0 fully saturated rings. The van der Waals surface area contributed by atoms with Gasteiger partial charge in [-0.2, -0.15) is 0 Å². The predicted octanol–water partition coefficient (Wildman–Crippen LogP) is 3.33. The van der Waals surface area contributed by atoms with Crippen molar-refractivity contribution in [3.63, 3.8) is 0 Å². The van der Waals surface area contributed by atoms with Gasteiger partial charge >= 0.3 is 0 Å². The van der Waals surface area contributed by atoms with Gasteiger partial charge in [-0.1, -0.05) is 39.3 Å². The van der Waals surface area contributed by atoms with Crippen LogP contribution in [-0.4, -0.2) is 12.5 Å². The van der Waals surface area contributed by atoms with Gasteiger partial charge in [-0.25, -0.2) is 0 Å². The molecule has 0 aliphatic carbocycles. The number of rotatable bonds is 4. The fourth-order valence-corrected chi connectivity index (χ4v) is 1.53. The molecule has 1 aromatic carbocycles. The Kier molecular flexibility index (Phi) is 4.63. The first kappa shape index (κ1) is 14.8. The summed E-state index contributed by atoms with van der Waals surface area (Å²) < 4.78 is 0. The Morgan fingerprint density at radius 2 is 2.06 bits per heavy atom. The van der Waals surface area contributed by atoms with E-state index in [0.29, 0.717) is 28.7 Å². The van der Waals surface area contributed by atoms with E-state index < -0.39 is 0 Å². The van der Waals surface area contributed by atoms with E-state index in [1.54, 1.807) is 18.2 Å². The third-order valence-corrected chi connectivity index (χ3v) is 3.83. The molecule has 0 aliphatic heterocycles. The molecule has 0 bridgehead atoms. The highest BCUT2D eigenvalue weighted by molar-refractivity contribution is 6.34. The lowest BCUT2D eigenvalue weighted by Crippen LogP contribution is -2.37. The minimum atomic E-state index is -0.180. The largest absolute Gasteiger partial charge is 0.399 e. The number of benzene rings is 1. The van der Waals surface area contributed by atoms with E-state index in [2.05, 4.69) is 33.0 Å². The van der Waals surface area contributed by atoms with Crippen LogP contribution in [0.4, 0.5) is 5.69 Å². The monoisotopic (exact) mass is 268 g/mol. The first-order valence-electron chi connectivity index (χ1n) is 6.07. The molecule has 0 atom stereocenters. The highest BCUT2D eigenvalue weighted by Gasteiger charge is 2.23. The first-order chi connectivity index (χ1) is 8.24. The number of hydrogen-bond acceptors (Lipinski definition) is 2. The number of nitrogens with two attached hydrogens (primary N) is 1. The molecule has 0 saturated heterocycles. The van der Waals surface area contributed by atoms with Crippen molar-refractivity contribution < 1.29 is 4.79 Å². The number of nitrogens with one attached hydrogen (secondary N) is 1. The molecule has 1 aromatic rings. The van der Waals surface area contributed by atoms with E-state index in [1.165, 1.54) is 0 Å². The molecule has 4 heteroatoms. The number of carbonyl (C=O) groups excluding carboxylic acids is 1. The molecule has 18 heavy (non-hydrogen) atoms. The number of hydrogen-bond donors (Lipinski definition) is 2. The van der Waals surface area contributed by atoms with E-state index in [1.807, 2.05) is 0 Å². The zero-order valence-corrected chi connectivity index (χ0v) is 12.1. The van der Waals surface area contributed by atoms with Crippen molar-refractivity contribution in [3.05, 3.63) is 28.8 Å². The van der Waals surface area contributed by atoms with Gasteiger partial charge in [0.1, 0.15) is 0 Å². The SMILES string of the molecule is CC(C)C(C)(C)CNC(=O)c1cc(N)ccc1Cl. The molecule has 0 aliphatic rings. The van der Waals surface area contributed by atoms with Crippen LogP contribution in [0.3, 0.4) is 0 Å². The van der Waals surface area contributed by atoms with Gasteiger partial charge in [-0.05, 0) is 29.5 Å². The Balaban J connectivity index is 2.75. The molecule has 0 heterocycles. The second kappa shape index (κ2) is 5.61. The molecule has 100 valence electrons. The number of anilines is 1. The number of halogens is 1. The van der Waals surface area contributed by atoms with Crippen molar-refractivity contribution in [2.24, 2.45) is 11.3 Å². The third-order valence-electron chi connectivity index (χ3n) is 3.50. The Morgan fingerprint density at radius 3 is 2.61 bits per heavy atom. The van der Waals surface area contributed by atoms with Crippen molar-refractivity contribution in [2.75, 3.05) is 12.3 Å². The highest BCUT2D eigenvalue weighted by atomic mass is 35.5. The van der Waals surface area contributed by atoms with Gasteiger partial charge in [-0.15, -0.1) is 0 Å². The van der Waals surface area contributed by atoms with Gasteiger partial charge in [0, 0.05) is 12.2 Å².